The molecule has 0 aliphatic rings. The van der Waals surface area contributed by atoms with Gasteiger partial charge < -0.3 is 31.9 Å². The number of anilines is 10. The highest BCUT2D eigenvalue weighted by Gasteiger charge is 2.25. The third-order valence-electron chi connectivity index (χ3n) is 11.9. The molecule has 4 aromatic carbocycles. The van der Waals surface area contributed by atoms with Crippen molar-refractivity contribution in [1.82, 2.24) is 29.9 Å². The molecule has 12 N–H and O–H groups in total. The molecule has 36 heteroatoms. The van der Waals surface area contributed by atoms with Gasteiger partial charge >= 0.3 is 0 Å². The van der Waals surface area contributed by atoms with Crippen LogP contribution in [0.15, 0.2) is 102 Å². The van der Waals surface area contributed by atoms with E-state index in [4.69, 9.17) is 0 Å². The van der Waals surface area contributed by atoms with E-state index in [0.717, 1.165) is 62.1 Å². The van der Waals surface area contributed by atoms with E-state index >= 15 is 0 Å². The van der Waals surface area contributed by atoms with E-state index in [1.54, 1.807) is 0 Å². The summed E-state index contributed by atoms with van der Waals surface area (Å²) in [6, 6.07) is 10.5. The van der Waals surface area contributed by atoms with Crippen LogP contribution in [0.5, 0.6) is 0 Å². The average Bonchev–Trinajstić information content (AvgIpc) is 1.80. The van der Waals surface area contributed by atoms with E-state index < -0.39 is 113 Å². The van der Waals surface area contributed by atoms with Crippen molar-refractivity contribution in [1.29, 1.82) is 0 Å². The molecule has 0 spiro atoms. The molecule has 456 valence electrons. The number of nitrogens with one attached hydrogen (secondary N) is 6. The van der Waals surface area contributed by atoms with Gasteiger partial charge in [-0.2, -0.15) is 80.4 Å². The maximum atomic E-state index is 12.9. The quantitative estimate of drug-likeness (QED) is 0.0164. The number of hydrogen-bond donors (Lipinski definition) is 12. The van der Waals surface area contributed by atoms with Crippen LogP contribution in [0.3, 0.4) is 0 Å². The summed E-state index contributed by atoms with van der Waals surface area (Å²) in [7, 11) is -30.1. The summed E-state index contributed by atoms with van der Waals surface area (Å²) in [6.07, 6.45) is 6.81. The predicted molar refractivity (Wildman–Crippen MR) is 310 cm³/mol. The van der Waals surface area contributed by atoms with Gasteiger partial charge in [0.15, 0.2) is 0 Å². The molecule has 0 aliphatic carbocycles. The van der Waals surface area contributed by atoms with Crippen LogP contribution in [0.1, 0.15) is 91.2 Å². The molecule has 0 bridgehead atoms. The SMILES string of the molecule is CC(C)CCCC(C)Nc1nc(Nc2ccc(/C=C/c3ccc(Nc4nc(Nc5cc(S(=O)(=O)O)ccc5S(=O)(=O)O)nc(NC(C)CCCC(C)C)n4)cc3S(=O)(=O)O)c(S(=O)(=O)O)c2)nc(Nc2cc(S(=O)(=O)O)ccc2S(=O)(=O)O)n1. The summed E-state index contributed by atoms with van der Waals surface area (Å²) >= 11 is 0. The summed E-state index contributed by atoms with van der Waals surface area (Å²) in [5.74, 6) is -1.07. The number of rotatable bonds is 28. The van der Waals surface area contributed by atoms with Crippen LogP contribution in [0.4, 0.5) is 58.4 Å². The van der Waals surface area contributed by atoms with Gasteiger partial charge in [-0.25, -0.2) is 0 Å². The number of benzene rings is 4. The van der Waals surface area contributed by atoms with E-state index in [-0.39, 0.29) is 58.4 Å². The maximum absolute atomic E-state index is 12.9. The third kappa shape index (κ3) is 19.2. The Bertz CT molecular complexity index is 3910. The first-order valence-corrected chi connectivity index (χ1v) is 33.7. The molecule has 0 aliphatic heterocycles. The Hall–Kier alpha value is -7.10. The molecule has 0 fully saturated rings. The topological polar surface area (TPSA) is 476 Å². The maximum Gasteiger partial charge on any atom is 0.296 e. The largest absolute Gasteiger partial charge is 0.352 e. The fourth-order valence-corrected chi connectivity index (χ4v) is 11.7. The Morgan fingerprint density at radius 3 is 0.976 bits per heavy atom. The average molecular weight is 1290 g/mol. The molecule has 2 atom stereocenters. The lowest BCUT2D eigenvalue weighted by molar-refractivity contribution is 0.479. The number of aromatic nitrogens is 6. The molecule has 0 saturated heterocycles. The normalized spacial score (nSPS) is 13.5. The van der Waals surface area contributed by atoms with Crippen LogP contribution in [0.25, 0.3) is 12.2 Å². The van der Waals surface area contributed by atoms with E-state index in [9.17, 15) is 77.8 Å². The molecular formula is C48H60N12O18S6. The zero-order valence-corrected chi connectivity index (χ0v) is 50.2. The van der Waals surface area contributed by atoms with E-state index in [0.29, 0.717) is 48.9 Å². The van der Waals surface area contributed by atoms with Crippen molar-refractivity contribution in [2.75, 3.05) is 31.9 Å². The second-order valence-corrected chi connectivity index (χ2v) is 28.3. The zero-order chi connectivity index (χ0) is 62.3. The highest BCUT2D eigenvalue weighted by molar-refractivity contribution is 7.87. The highest BCUT2D eigenvalue weighted by Crippen LogP contribution is 2.33. The van der Waals surface area contributed by atoms with Crippen LogP contribution < -0.4 is 31.9 Å². The summed E-state index contributed by atoms with van der Waals surface area (Å²) < 4.78 is 209. The van der Waals surface area contributed by atoms with Crippen LogP contribution in [-0.2, 0) is 60.7 Å². The second kappa shape index (κ2) is 26.4. The summed E-state index contributed by atoms with van der Waals surface area (Å²) in [5.41, 5.74) is -1.86. The van der Waals surface area contributed by atoms with Crippen LogP contribution in [-0.4, -0.2) is 120 Å². The van der Waals surface area contributed by atoms with Crippen LogP contribution in [0, 0.1) is 11.8 Å². The Morgan fingerprint density at radius 2 is 0.679 bits per heavy atom. The van der Waals surface area contributed by atoms with Gasteiger partial charge in [0.1, 0.15) is 19.6 Å². The fraction of sp³-hybridized carbons (Fsp3) is 0.333. The first-order valence-electron chi connectivity index (χ1n) is 25.0. The van der Waals surface area contributed by atoms with Gasteiger partial charge in [0.05, 0.1) is 21.2 Å². The molecule has 2 unspecified atom stereocenters. The third-order valence-corrected chi connectivity index (χ3v) is 17.3. The van der Waals surface area contributed by atoms with E-state index in [1.165, 1.54) is 24.3 Å². The molecule has 0 amide bonds. The van der Waals surface area contributed by atoms with Gasteiger partial charge in [0.2, 0.25) is 35.7 Å². The van der Waals surface area contributed by atoms with Crippen molar-refractivity contribution in [3.63, 3.8) is 0 Å². The van der Waals surface area contributed by atoms with Crippen molar-refractivity contribution in [2.45, 2.75) is 122 Å². The molecule has 6 rings (SSSR count). The Labute approximate surface area is 485 Å². The Kier molecular flexibility index (Phi) is 20.8. The van der Waals surface area contributed by atoms with Crippen molar-refractivity contribution in [2.24, 2.45) is 11.8 Å². The molecule has 0 saturated carbocycles. The zero-order valence-electron chi connectivity index (χ0n) is 45.3. The standard InChI is InChI=1S/C48H60N12O18S6/c1-27(2)9-7-11-29(5)49-43-55-45(59-47(57-43)53-37-25-35(79(61,62)63)19-21-39(37)81(67,68)69)51-33-17-15-31(41(23-33)83(73,74)75)13-14-32-16-18-34(24-42(32)84(76,77)78)52-46-56-44(50-30(6)12-8-10-28(3)4)58-48(60-46)54-38-26-36(80(64,65)66)20-22-40(38)82(70,71)72/h13-30H,7-12H2,1-6H3,(H,61,62,63)(H,64,65,66)(H,67,68,69)(H,70,71,72)(H,73,74,75)(H,76,77,78)(H3,49,51,53,55,57,59)(H3,50,52,54,56,58,60)/b14-13+. The van der Waals surface area contributed by atoms with Crippen LogP contribution in [0.2, 0.25) is 0 Å². The molecule has 2 heterocycles. The van der Waals surface area contributed by atoms with Crippen molar-refractivity contribution >= 4 is 131 Å². The molecule has 2 aromatic heterocycles. The molecule has 6 aromatic rings. The molecule has 0 radical (unpaired) electrons. The van der Waals surface area contributed by atoms with Crippen molar-refractivity contribution < 1.29 is 77.8 Å². The Balaban J connectivity index is 1.35. The minimum Gasteiger partial charge on any atom is -0.352 e. The monoisotopic (exact) mass is 1280 g/mol. The lowest BCUT2D eigenvalue weighted by atomic mass is 10.0. The molecular weight excluding hydrogens is 1220 g/mol. The Morgan fingerprint density at radius 1 is 0.369 bits per heavy atom. The van der Waals surface area contributed by atoms with Gasteiger partial charge in [-0.15, -0.1) is 0 Å². The minimum absolute atomic E-state index is 0.102. The smallest absolute Gasteiger partial charge is 0.296 e. The minimum atomic E-state index is -5.12. The van der Waals surface area contributed by atoms with Gasteiger partial charge in [-0.1, -0.05) is 77.7 Å². The molecule has 84 heavy (non-hydrogen) atoms. The summed E-state index contributed by atoms with van der Waals surface area (Å²) in [5, 5.41) is 16.7. The number of nitrogens with zero attached hydrogens (tertiary/aromatic N) is 6. The number of hydrogen-bond acceptors (Lipinski definition) is 24. The van der Waals surface area contributed by atoms with Crippen molar-refractivity contribution in [3.8, 4) is 0 Å². The van der Waals surface area contributed by atoms with E-state index in [1.807, 2.05) is 13.8 Å². The van der Waals surface area contributed by atoms with Crippen molar-refractivity contribution in [3.05, 3.63) is 83.9 Å². The first kappa shape index (κ1) is 66.0. The highest BCUT2D eigenvalue weighted by atomic mass is 32.2. The van der Waals surface area contributed by atoms with Gasteiger partial charge in [-0.3, -0.25) is 27.3 Å². The summed E-state index contributed by atoms with van der Waals surface area (Å²) in [4.78, 5) is 20.9. The van der Waals surface area contributed by atoms with Crippen LogP contribution >= 0.6 is 0 Å². The predicted octanol–water partition coefficient (Wildman–Crippen LogP) is 7.94. The lowest BCUT2D eigenvalue weighted by Gasteiger charge is -2.17. The van der Waals surface area contributed by atoms with Gasteiger partial charge in [0, 0.05) is 23.5 Å². The second-order valence-electron chi connectivity index (χ2n) is 19.9. The first-order chi connectivity index (χ1) is 38.8. The van der Waals surface area contributed by atoms with Gasteiger partial charge in [0.25, 0.3) is 60.7 Å². The van der Waals surface area contributed by atoms with Gasteiger partial charge in [-0.05, 0) is 110 Å². The van der Waals surface area contributed by atoms with E-state index in [2.05, 4.69) is 89.5 Å². The fourth-order valence-electron chi connectivity index (χ4n) is 7.96. The lowest BCUT2D eigenvalue weighted by Crippen LogP contribution is -2.19. The summed E-state index contributed by atoms with van der Waals surface area (Å²) in [6.45, 7) is 11.8. The molecule has 30 nitrogen and oxygen atoms in total.